The highest BCUT2D eigenvalue weighted by Gasteiger charge is 2.08. The minimum Gasteiger partial charge on any atom is -0.489 e. The molecule has 1 amide bonds. The fraction of sp³-hybridized carbons (Fsp3) is 0.259. The largest absolute Gasteiger partial charge is 0.489 e. The number of carbonyl (C=O) groups excluding carboxylic acids is 2. The van der Waals surface area contributed by atoms with E-state index < -0.39 is 11.9 Å². The Bertz CT molecular complexity index is 1090. The summed E-state index contributed by atoms with van der Waals surface area (Å²) in [7, 11) is 0. The Labute approximate surface area is 204 Å². The number of amides is 1. The molecule has 3 aromatic carbocycles. The maximum absolute atomic E-state index is 11.6. The molecular formula is C27H29NO5S. The Kier molecular flexibility index (Phi) is 9.55. The molecule has 0 heterocycles. The number of hydroxylamine groups is 1. The van der Waals surface area contributed by atoms with Crippen LogP contribution in [0, 0.1) is 13.8 Å². The van der Waals surface area contributed by atoms with Gasteiger partial charge in [-0.1, -0.05) is 43.3 Å². The lowest BCUT2D eigenvalue weighted by atomic mass is 9.95. The molecule has 0 saturated heterocycles. The Morgan fingerprint density at radius 2 is 1.65 bits per heavy atom. The van der Waals surface area contributed by atoms with Gasteiger partial charge in [0.1, 0.15) is 19.0 Å². The molecule has 0 bridgehead atoms. The van der Waals surface area contributed by atoms with E-state index in [1.54, 1.807) is 0 Å². The third-order valence-corrected chi connectivity index (χ3v) is 5.70. The molecule has 0 aromatic heterocycles. The van der Waals surface area contributed by atoms with Gasteiger partial charge in [-0.25, -0.2) is 4.79 Å². The van der Waals surface area contributed by atoms with E-state index in [4.69, 9.17) is 8.92 Å². The second kappa shape index (κ2) is 12.8. The Hall–Kier alpha value is -3.29. The molecule has 0 radical (unpaired) electrons. The minimum absolute atomic E-state index is 0.237. The van der Waals surface area contributed by atoms with E-state index in [9.17, 15) is 9.59 Å². The van der Waals surface area contributed by atoms with Crippen LogP contribution in [0.25, 0.3) is 11.1 Å². The van der Waals surface area contributed by atoms with Crippen LogP contribution in [0.2, 0.25) is 0 Å². The highest BCUT2D eigenvalue weighted by atomic mass is 32.2. The van der Waals surface area contributed by atoms with Gasteiger partial charge in [0.05, 0.1) is 0 Å². The van der Waals surface area contributed by atoms with Crippen molar-refractivity contribution in [1.82, 2.24) is 5.48 Å². The maximum Gasteiger partial charge on any atom is 0.332 e. The Morgan fingerprint density at radius 3 is 2.35 bits per heavy atom. The smallest absolute Gasteiger partial charge is 0.332 e. The van der Waals surface area contributed by atoms with Crippen LogP contribution >= 0.6 is 12.0 Å². The summed E-state index contributed by atoms with van der Waals surface area (Å²) in [5.74, 6) is -0.265. The average molecular weight is 480 g/mol. The zero-order chi connectivity index (χ0) is 24.3. The highest BCUT2D eigenvalue weighted by Crippen LogP contribution is 2.28. The van der Waals surface area contributed by atoms with E-state index in [0.29, 0.717) is 13.0 Å². The number of aryl methyl sites for hydroxylation is 2. The second-order valence-corrected chi connectivity index (χ2v) is 8.70. The van der Waals surface area contributed by atoms with Gasteiger partial charge in [0.15, 0.2) is 0 Å². The van der Waals surface area contributed by atoms with Crippen molar-refractivity contribution in [2.24, 2.45) is 0 Å². The molecule has 34 heavy (non-hydrogen) atoms. The first-order chi connectivity index (χ1) is 16.5. The first-order valence-corrected chi connectivity index (χ1v) is 11.9. The molecule has 0 fully saturated rings. The second-order valence-electron chi connectivity index (χ2n) is 7.82. The zero-order valence-corrected chi connectivity index (χ0v) is 20.4. The Morgan fingerprint density at radius 1 is 0.941 bits per heavy atom. The average Bonchev–Trinajstić information content (AvgIpc) is 2.83. The summed E-state index contributed by atoms with van der Waals surface area (Å²) in [6, 6.07) is 22.1. The summed E-state index contributed by atoms with van der Waals surface area (Å²) >= 11 is 1.06. The van der Waals surface area contributed by atoms with Crippen molar-refractivity contribution >= 4 is 23.9 Å². The van der Waals surface area contributed by atoms with Crippen LogP contribution in [0.1, 0.15) is 36.5 Å². The van der Waals surface area contributed by atoms with E-state index in [1.165, 1.54) is 22.3 Å². The van der Waals surface area contributed by atoms with Gasteiger partial charge < -0.3 is 13.8 Å². The summed E-state index contributed by atoms with van der Waals surface area (Å²) < 4.78 is 11.2. The van der Waals surface area contributed by atoms with Crippen molar-refractivity contribution in [1.29, 1.82) is 0 Å². The lowest BCUT2D eigenvalue weighted by Crippen LogP contribution is -2.29. The summed E-state index contributed by atoms with van der Waals surface area (Å²) in [6.45, 7) is 6.33. The van der Waals surface area contributed by atoms with E-state index >= 15 is 0 Å². The van der Waals surface area contributed by atoms with Gasteiger partial charge in [0, 0.05) is 23.4 Å². The van der Waals surface area contributed by atoms with Gasteiger partial charge in [-0.2, -0.15) is 5.48 Å². The van der Waals surface area contributed by atoms with Gasteiger partial charge in [0.2, 0.25) is 0 Å². The van der Waals surface area contributed by atoms with Crippen molar-refractivity contribution in [3.63, 3.8) is 0 Å². The molecule has 3 rings (SSSR count). The number of rotatable bonds is 10. The van der Waals surface area contributed by atoms with Crippen LogP contribution in [-0.4, -0.2) is 18.5 Å². The van der Waals surface area contributed by atoms with Crippen molar-refractivity contribution in [3.05, 3.63) is 83.4 Å². The lowest BCUT2D eigenvalue weighted by Gasteiger charge is -2.12. The topological polar surface area (TPSA) is 73.9 Å². The molecular weight excluding hydrogens is 450 g/mol. The van der Waals surface area contributed by atoms with Crippen LogP contribution in [-0.2, 0) is 25.2 Å². The molecule has 0 aliphatic heterocycles. The van der Waals surface area contributed by atoms with Crippen molar-refractivity contribution in [2.75, 3.05) is 6.61 Å². The molecule has 0 spiro atoms. The van der Waals surface area contributed by atoms with Crippen LogP contribution in [0.15, 0.2) is 71.6 Å². The van der Waals surface area contributed by atoms with E-state index in [1.807, 2.05) is 31.2 Å². The fourth-order valence-electron chi connectivity index (χ4n) is 3.39. The van der Waals surface area contributed by atoms with Crippen LogP contribution in [0.3, 0.4) is 0 Å². The number of nitrogens with one attached hydrogen (secondary N) is 1. The van der Waals surface area contributed by atoms with Crippen LogP contribution < -0.4 is 10.2 Å². The van der Waals surface area contributed by atoms with Crippen LogP contribution in [0.5, 0.6) is 5.75 Å². The van der Waals surface area contributed by atoms with Crippen molar-refractivity contribution in [2.45, 2.75) is 45.1 Å². The monoisotopic (exact) mass is 479 g/mol. The Balaban J connectivity index is 1.46. The molecule has 0 saturated carbocycles. The first kappa shape index (κ1) is 25.3. The molecule has 0 unspecified atom stereocenters. The molecule has 0 aliphatic rings. The molecule has 0 aliphatic carbocycles. The van der Waals surface area contributed by atoms with Gasteiger partial charge in [0.25, 0.3) is 5.91 Å². The third kappa shape index (κ3) is 7.64. The van der Waals surface area contributed by atoms with Gasteiger partial charge in [-0.05, 0) is 78.4 Å². The maximum atomic E-state index is 11.6. The molecule has 178 valence electrons. The summed E-state index contributed by atoms with van der Waals surface area (Å²) in [4.78, 5) is 28.3. The standard InChI is InChI=1S/C27H29NO5S/c1-4-7-26(30)33-28-25(29)18-32-34-24-14-12-23(13-15-24)31-17-21-10-6-11-22(16-21)27-19(2)8-5-9-20(27)3/h5-6,8-16H,4,7,17-18H2,1-3H3,(H,28,29). The zero-order valence-electron chi connectivity index (χ0n) is 19.6. The summed E-state index contributed by atoms with van der Waals surface area (Å²) in [5, 5.41) is 0. The van der Waals surface area contributed by atoms with E-state index in [0.717, 1.165) is 28.3 Å². The number of carbonyl (C=O) groups is 2. The van der Waals surface area contributed by atoms with Crippen LogP contribution in [0.4, 0.5) is 0 Å². The lowest BCUT2D eigenvalue weighted by molar-refractivity contribution is -0.158. The number of ether oxygens (including phenoxy) is 1. The first-order valence-electron chi connectivity index (χ1n) is 11.1. The predicted octanol–water partition coefficient (Wildman–Crippen LogP) is 5.95. The van der Waals surface area contributed by atoms with Crippen molar-refractivity contribution < 1.29 is 23.3 Å². The number of hydrogen-bond acceptors (Lipinski definition) is 6. The SMILES string of the molecule is CCCC(=O)ONC(=O)COSc1ccc(OCc2cccc(-c3c(C)cccc3C)c2)cc1. The number of hydrogen-bond donors (Lipinski definition) is 1. The van der Waals surface area contributed by atoms with Gasteiger partial charge in [-0.15, -0.1) is 0 Å². The van der Waals surface area contributed by atoms with Gasteiger partial charge in [-0.3, -0.25) is 4.79 Å². The summed E-state index contributed by atoms with van der Waals surface area (Å²) in [5.41, 5.74) is 8.11. The molecule has 0 atom stereocenters. The van der Waals surface area contributed by atoms with Crippen molar-refractivity contribution in [3.8, 4) is 16.9 Å². The van der Waals surface area contributed by atoms with E-state index in [-0.39, 0.29) is 13.0 Å². The normalized spacial score (nSPS) is 10.6. The number of benzene rings is 3. The molecule has 6 nitrogen and oxygen atoms in total. The van der Waals surface area contributed by atoms with E-state index in [2.05, 4.69) is 66.6 Å². The molecule has 3 aromatic rings. The summed E-state index contributed by atoms with van der Waals surface area (Å²) in [6.07, 6.45) is 0.905. The third-order valence-electron chi connectivity index (χ3n) is 5.00. The van der Waals surface area contributed by atoms with Gasteiger partial charge >= 0.3 is 5.97 Å². The molecule has 1 N–H and O–H groups in total. The fourth-order valence-corrected chi connectivity index (χ4v) is 3.94. The highest BCUT2D eigenvalue weighted by molar-refractivity contribution is 7.94. The minimum atomic E-state index is -0.528. The predicted molar refractivity (Wildman–Crippen MR) is 133 cm³/mol. The quantitative estimate of drug-likeness (QED) is 0.286. The molecule has 7 heteroatoms.